The Morgan fingerprint density at radius 3 is 2.41 bits per heavy atom. The number of aldehydes is 1. The molecule has 94 valence electrons. The number of benzene rings is 1. The third kappa shape index (κ3) is 4.31. The first-order valence-electron chi connectivity index (χ1n) is 6.29. The predicted octanol–water partition coefficient (Wildman–Crippen LogP) is 3.45. The monoisotopic (exact) mass is 234 g/mol. The molecular weight excluding hydrogens is 212 g/mol. The van der Waals surface area contributed by atoms with Gasteiger partial charge in [-0.3, -0.25) is 0 Å². The molecule has 0 saturated heterocycles. The minimum absolute atomic E-state index is 0.265. The number of rotatable bonds is 7. The smallest absolute Gasteiger partial charge is 0.149 e. The predicted molar refractivity (Wildman–Crippen MR) is 69.7 cm³/mol. The molecule has 1 aromatic rings. The van der Waals surface area contributed by atoms with Crippen LogP contribution in [0.25, 0.3) is 0 Å². The molecule has 0 aliphatic rings. The largest absolute Gasteiger partial charge is 0.366 e. The normalized spacial score (nSPS) is 16.2. The van der Waals surface area contributed by atoms with Crippen LogP contribution >= 0.6 is 0 Å². The lowest BCUT2D eigenvalue weighted by molar-refractivity contribution is -0.123. The van der Waals surface area contributed by atoms with Gasteiger partial charge in [-0.2, -0.15) is 0 Å². The molecule has 0 spiro atoms. The maximum Gasteiger partial charge on any atom is 0.149 e. The van der Waals surface area contributed by atoms with E-state index in [0.29, 0.717) is 12.5 Å². The summed E-state index contributed by atoms with van der Waals surface area (Å²) in [5.74, 6) is 0.766. The zero-order valence-electron chi connectivity index (χ0n) is 10.9. The summed E-state index contributed by atoms with van der Waals surface area (Å²) in [7, 11) is 0. The van der Waals surface area contributed by atoms with Crippen molar-refractivity contribution < 1.29 is 9.53 Å². The minimum Gasteiger partial charge on any atom is -0.366 e. The molecule has 0 aromatic heterocycles. The van der Waals surface area contributed by atoms with Gasteiger partial charge in [-0.15, -0.1) is 0 Å². The van der Waals surface area contributed by atoms with Crippen molar-refractivity contribution in [1.29, 1.82) is 0 Å². The van der Waals surface area contributed by atoms with Crippen LogP contribution in [0.1, 0.15) is 32.8 Å². The fraction of sp³-hybridized carbons (Fsp3) is 0.533. The summed E-state index contributed by atoms with van der Waals surface area (Å²) in [4.78, 5) is 11.1. The summed E-state index contributed by atoms with van der Waals surface area (Å²) in [6, 6.07) is 9.95. The maximum absolute atomic E-state index is 11.1. The number of hydrogen-bond acceptors (Lipinski definition) is 2. The summed E-state index contributed by atoms with van der Waals surface area (Å²) in [6.07, 6.45) is 1.70. The Hall–Kier alpha value is -1.15. The highest BCUT2D eigenvalue weighted by Gasteiger charge is 2.21. The van der Waals surface area contributed by atoms with E-state index in [9.17, 15) is 4.79 Å². The summed E-state index contributed by atoms with van der Waals surface area (Å²) in [6.45, 7) is 6.89. The zero-order chi connectivity index (χ0) is 12.7. The summed E-state index contributed by atoms with van der Waals surface area (Å²) >= 11 is 0. The van der Waals surface area contributed by atoms with Crippen molar-refractivity contribution in [2.45, 2.75) is 39.9 Å². The Labute approximate surface area is 104 Å². The third-order valence-electron chi connectivity index (χ3n) is 3.48. The Kier molecular flexibility index (Phi) is 5.92. The Balaban J connectivity index is 2.50. The average Bonchev–Trinajstić information content (AvgIpc) is 2.39. The van der Waals surface area contributed by atoms with Crippen LogP contribution in [0.5, 0.6) is 0 Å². The molecule has 3 atom stereocenters. The molecule has 1 aromatic carbocycles. The molecule has 0 radical (unpaired) electrons. The van der Waals surface area contributed by atoms with E-state index in [-0.39, 0.29) is 12.0 Å². The molecule has 0 N–H and O–H groups in total. The second kappa shape index (κ2) is 7.23. The van der Waals surface area contributed by atoms with Gasteiger partial charge in [0.25, 0.3) is 0 Å². The first kappa shape index (κ1) is 13.9. The second-order valence-corrected chi connectivity index (χ2v) is 4.64. The minimum atomic E-state index is -0.301. The highest BCUT2D eigenvalue weighted by molar-refractivity contribution is 5.56. The molecule has 2 heteroatoms. The van der Waals surface area contributed by atoms with E-state index >= 15 is 0 Å². The SMILES string of the molecule is CC[C@H](C)[C@H](C)[C@H](C=O)OCc1ccccc1. The molecule has 0 unspecified atom stereocenters. The Morgan fingerprint density at radius 1 is 1.24 bits per heavy atom. The first-order chi connectivity index (χ1) is 8.19. The van der Waals surface area contributed by atoms with Gasteiger partial charge < -0.3 is 9.53 Å². The molecule has 17 heavy (non-hydrogen) atoms. The van der Waals surface area contributed by atoms with Crippen LogP contribution in [0.4, 0.5) is 0 Å². The molecule has 0 bridgehead atoms. The standard InChI is InChI=1S/C15H22O2/c1-4-12(2)13(3)15(10-16)17-11-14-8-6-5-7-9-14/h5-10,12-13,15H,4,11H2,1-3H3/t12-,13-,15-/m0/s1. The van der Waals surface area contributed by atoms with Crippen LogP contribution in [0.15, 0.2) is 30.3 Å². The molecule has 0 heterocycles. The molecular formula is C15H22O2. The highest BCUT2D eigenvalue weighted by Crippen LogP contribution is 2.20. The molecule has 0 fully saturated rings. The van der Waals surface area contributed by atoms with E-state index in [2.05, 4.69) is 20.8 Å². The van der Waals surface area contributed by atoms with Crippen molar-refractivity contribution in [3.8, 4) is 0 Å². The van der Waals surface area contributed by atoms with Crippen LogP contribution in [0.3, 0.4) is 0 Å². The fourth-order valence-electron chi connectivity index (χ4n) is 1.78. The lowest BCUT2D eigenvalue weighted by Crippen LogP contribution is -2.28. The van der Waals surface area contributed by atoms with Gasteiger partial charge in [0.05, 0.1) is 6.61 Å². The van der Waals surface area contributed by atoms with Crippen molar-refractivity contribution in [3.05, 3.63) is 35.9 Å². The molecule has 0 aliphatic carbocycles. The number of carbonyl (C=O) groups excluding carboxylic acids is 1. The molecule has 2 nitrogen and oxygen atoms in total. The van der Waals surface area contributed by atoms with E-state index in [1.165, 1.54) is 0 Å². The highest BCUT2D eigenvalue weighted by atomic mass is 16.5. The number of hydrogen-bond donors (Lipinski definition) is 0. The first-order valence-corrected chi connectivity index (χ1v) is 6.29. The van der Waals surface area contributed by atoms with Gasteiger partial charge in [0.15, 0.2) is 0 Å². The van der Waals surface area contributed by atoms with Crippen LogP contribution in [0.2, 0.25) is 0 Å². The van der Waals surface area contributed by atoms with E-state index in [1.807, 2.05) is 30.3 Å². The molecule has 1 rings (SSSR count). The molecule has 0 amide bonds. The second-order valence-electron chi connectivity index (χ2n) is 4.64. The van der Waals surface area contributed by atoms with Crippen molar-refractivity contribution in [2.24, 2.45) is 11.8 Å². The zero-order valence-corrected chi connectivity index (χ0v) is 10.9. The molecule has 0 saturated carbocycles. The summed E-state index contributed by atoms with van der Waals surface area (Å²) in [5, 5.41) is 0. The van der Waals surface area contributed by atoms with E-state index in [0.717, 1.165) is 18.3 Å². The fourth-order valence-corrected chi connectivity index (χ4v) is 1.78. The van der Waals surface area contributed by atoms with Crippen LogP contribution < -0.4 is 0 Å². The Morgan fingerprint density at radius 2 is 1.88 bits per heavy atom. The van der Waals surface area contributed by atoms with Gasteiger partial charge in [-0.05, 0) is 17.4 Å². The Bertz CT molecular complexity index is 321. The van der Waals surface area contributed by atoms with Crippen molar-refractivity contribution in [3.63, 3.8) is 0 Å². The third-order valence-corrected chi connectivity index (χ3v) is 3.48. The van der Waals surface area contributed by atoms with Gasteiger partial charge in [0.2, 0.25) is 0 Å². The van der Waals surface area contributed by atoms with Gasteiger partial charge >= 0.3 is 0 Å². The van der Waals surface area contributed by atoms with Gasteiger partial charge in [0, 0.05) is 0 Å². The van der Waals surface area contributed by atoms with Crippen molar-refractivity contribution in [2.75, 3.05) is 0 Å². The summed E-state index contributed by atoms with van der Waals surface area (Å²) < 4.78 is 5.69. The van der Waals surface area contributed by atoms with Crippen molar-refractivity contribution >= 4 is 6.29 Å². The van der Waals surface area contributed by atoms with Gasteiger partial charge in [-0.1, -0.05) is 57.5 Å². The van der Waals surface area contributed by atoms with Crippen LogP contribution in [-0.4, -0.2) is 12.4 Å². The van der Waals surface area contributed by atoms with E-state index in [1.54, 1.807) is 0 Å². The lowest BCUT2D eigenvalue weighted by Gasteiger charge is -2.24. The number of carbonyl (C=O) groups is 1. The topological polar surface area (TPSA) is 26.3 Å². The maximum atomic E-state index is 11.1. The summed E-state index contributed by atoms with van der Waals surface area (Å²) in [5.41, 5.74) is 1.11. The van der Waals surface area contributed by atoms with E-state index in [4.69, 9.17) is 4.74 Å². The van der Waals surface area contributed by atoms with E-state index < -0.39 is 0 Å². The quantitative estimate of drug-likeness (QED) is 0.675. The lowest BCUT2D eigenvalue weighted by atomic mass is 9.89. The van der Waals surface area contributed by atoms with Crippen molar-refractivity contribution in [1.82, 2.24) is 0 Å². The van der Waals surface area contributed by atoms with Crippen LogP contribution in [-0.2, 0) is 16.1 Å². The number of ether oxygens (including phenoxy) is 1. The average molecular weight is 234 g/mol. The van der Waals surface area contributed by atoms with Gasteiger partial charge in [0.1, 0.15) is 12.4 Å². The van der Waals surface area contributed by atoms with Gasteiger partial charge in [-0.25, -0.2) is 0 Å². The van der Waals surface area contributed by atoms with Crippen LogP contribution in [0, 0.1) is 11.8 Å². The molecule has 0 aliphatic heterocycles.